The lowest BCUT2D eigenvalue weighted by Crippen LogP contribution is -2.21. The van der Waals surface area contributed by atoms with Crippen molar-refractivity contribution in [1.82, 2.24) is 5.32 Å². The van der Waals surface area contributed by atoms with Crippen LogP contribution in [0.15, 0.2) is 42.5 Å². The highest BCUT2D eigenvalue weighted by atomic mass is 19.4. The topological polar surface area (TPSA) is 90.4 Å². The lowest BCUT2D eigenvalue weighted by Gasteiger charge is -2.10. The molecule has 0 heterocycles. The molecule has 0 saturated heterocycles. The van der Waals surface area contributed by atoms with Crippen molar-refractivity contribution < 1.29 is 22.8 Å². The van der Waals surface area contributed by atoms with E-state index >= 15 is 0 Å². The Balaban J connectivity index is 1.79. The lowest BCUT2D eigenvalue weighted by atomic mass is 10.1. The van der Waals surface area contributed by atoms with Crippen LogP contribution in [0, 0.1) is 10.1 Å². The normalized spacial score (nSPS) is 11.3. The predicted octanol–water partition coefficient (Wildman–Crippen LogP) is 3.36. The van der Waals surface area contributed by atoms with E-state index in [9.17, 15) is 23.3 Å². The van der Waals surface area contributed by atoms with Crippen LogP contribution in [0.3, 0.4) is 0 Å². The number of nitrogens with zero attached hydrogens (tertiary/aromatic N) is 1. The van der Waals surface area contributed by atoms with Crippen LogP contribution in [0.25, 0.3) is 0 Å². The Morgan fingerprint density at radius 3 is 2.44 bits per heavy atom. The predicted molar refractivity (Wildman–Crippen MR) is 86.2 cm³/mol. The van der Waals surface area contributed by atoms with Crippen molar-refractivity contribution in [3.63, 3.8) is 0 Å². The summed E-state index contributed by atoms with van der Waals surface area (Å²) in [6.07, 6.45) is -4.35. The minimum absolute atomic E-state index is 0.0461. The number of para-hydroxylation sites is 1. The standard InChI is InChI=1S/C16H16F3N3O3/c17-16(18,19)12-6-4-11(5-7-12)10-21-8-9-25-14-3-1-2-13(15(14)20)22(23)24/h1-7,21H,8-10,20H2. The molecule has 0 aliphatic carbocycles. The fourth-order valence-corrected chi connectivity index (χ4v) is 2.09. The third-order valence-corrected chi connectivity index (χ3v) is 3.39. The van der Waals surface area contributed by atoms with Gasteiger partial charge in [0.15, 0.2) is 5.69 Å². The van der Waals surface area contributed by atoms with E-state index in [0.717, 1.165) is 12.1 Å². The second kappa shape index (κ2) is 7.84. The third-order valence-electron chi connectivity index (χ3n) is 3.39. The number of anilines is 1. The van der Waals surface area contributed by atoms with E-state index in [1.165, 1.54) is 30.3 Å². The average Bonchev–Trinajstić information content (AvgIpc) is 2.55. The van der Waals surface area contributed by atoms with E-state index in [4.69, 9.17) is 10.5 Å². The Labute approximate surface area is 141 Å². The number of alkyl halides is 3. The van der Waals surface area contributed by atoms with Crippen molar-refractivity contribution >= 4 is 11.4 Å². The van der Waals surface area contributed by atoms with Crippen LogP contribution >= 0.6 is 0 Å². The average molecular weight is 355 g/mol. The minimum atomic E-state index is -4.35. The Hall–Kier alpha value is -2.81. The first-order valence-corrected chi connectivity index (χ1v) is 7.31. The van der Waals surface area contributed by atoms with Crippen LogP contribution < -0.4 is 15.8 Å². The molecule has 0 aromatic heterocycles. The second-order valence-corrected chi connectivity index (χ2v) is 5.17. The summed E-state index contributed by atoms with van der Waals surface area (Å²) in [4.78, 5) is 10.2. The quantitative estimate of drug-likeness (QED) is 0.344. The number of benzene rings is 2. The second-order valence-electron chi connectivity index (χ2n) is 5.17. The van der Waals surface area contributed by atoms with Gasteiger partial charge in [-0.15, -0.1) is 0 Å². The van der Waals surface area contributed by atoms with Crippen LogP contribution in [-0.4, -0.2) is 18.1 Å². The number of rotatable bonds is 7. The van der Waals surface area contributed by atoms with Crippen molar-refractivity contribution in [1.29, 1.82) is 0 Å². The van der Waals surface area contributed by atoms with Gasteiger partial charge in [-0.3, -0.25) is 10.1 Å². The Kier molecular flexibility index (Phi) is 5.81. The fraction of sp³-hybridized carbons (Fsp3) is 0.250. The zero-order valence-electron chi connectivity index (χ0n) is 13.0. The number of nitro groups is 1. The van der Waals surface area contributed by atoms with Gasteiger partial charge in [0.1, 0.15) is 12.4 Å². The smallest absolute Gasteiger partial charge is 0.416 e. The highest BCUT2D eigenvalue weighted by Gasteiger charge is 2.29. The summed E-state index contributed by atoms with van der Waals surface area (Å²) in [7, 11) is 0. The summed E-state index contributed by atoms with van der Waals surface area (Å²) in [5.74, 6) is 0.213. The van der Waals surface area contributed by atoms with Gasteiger partial charge in [-0.1, -0.05) is 18.2 Å². The maximum atomic E-state index is 12.5. The number of ether oxygens (including phenoxy) is 1. The Morgan fingerprint density at radius 2 is 1.84 bits per heavy atom. The summed E-state index contributed by atoms with van der Waals surface area (Å²) >= 11 is 0. The molecule has 9 heteroatoms. The van der Waals surface area contributed by atoms with Gasteiger partial charge in [0, 0.05) is 19.2 Å². The molecule has 0 atom stereocenters. The summed E-state index contributed by atoms with van der Waals surface area (Å²) in [6.45, 7) is 0.959. The number of nitro benzene ring substituents is 1. The largest absolute Gasteiger partial charge is 0.490 e. The van der Waals surface area contributed by atoms with Crippen LogP contribution in [0.2, 0.25) is 0 Å². The molecule has 0 aliphatic heterocycles. The molecule has 2 rings (SSSR count). The molecule has 3 N–H and O–H groups in total. The zero-order chi connectivity index (χ0) is 18.4. The number of nitrogens with two attached hydrogens (primary N) is 1. The highest BCUT2D eigenvalue weighted by molar-refractivity contribution is 5.66. The summed E-state index contributed by atoms with van der Waals surface area (Å²) in [5.41, 5.74) is 5.39. The van der Waals surface area contributed by atoms with Crippen LogP contribution in [0.1, 0.15) is 11.1 Å². The summed E-state index contributed by atoms with van der Waals surface area (Å²) < 4.78 is 42.8. The molecule has 0 amide bonds. The first kappa shape index (κ1) is 18.5. The molecule has 6 nitrogen and oxygen atoms in total. The van der Waals surface area contributed by atoms with Crippen LogP contribution in [-0.2, 0) is 12.7 Å². The monoisotopic (exact) mass is 355 g/mol. The van der Waals surface area contributed by atoms with Gasteiger partial charge in [0.25, 0.3) is 5.69 Å². The van der Waals surface area contributed by atoms with Gasteiger partial charge >= 0.3 is 6.18 Å². The van der Waals surface area contributed by atoms with Crippen LogP contribution in [0.5, 0.6) is 5.75 Å². The maximum Gasteiger partial charge on any atom is 0.416 e. The number of nitrogen functional groups attached to an aromatic ring is 1. The van der Waals surface area contributed by atoms with Gasteiger partial charge in [-0.2, -0.15) is 13.2 Å². The molecule has 0 saturated carbocycles. The van der Waals surface area contributed by atoms with E-state index in [1.807, 2.05) is 0 Å². The molecule has 25 heavy (non-hydrogen) atoms. The van der Waals surface area contributed by atoms with Gasteiger partial charge in [0.2, 0.25) is 0 Å². The van der Waals surface area contributed by atoms with Crippen molar-refractivity contribution in [2.75, 3.05) is 18.9 Å². The van der Waals surface area contributed by atoms with Crippen molar-refractivity contribution in [2.45, 2.75) is 12.7 Å². The molecular weight excluding hydrogens is 339 g/mol. The van der Waals surface area contributed by atoms with Gasteiger partial charge in [0.05, 0.1) is 10.5 Å². The molecule has 0 unspecified atom stereocenters. The van der Waals surface area contributed by atoms with Gasteiger partial charge < -0.3 is 15.8 Å². The Bertz CT molecular complexity index is 734. The first-order chi connectivity index (χ1) is 11.8. The van der Waals surface area contributed by atoms with E-state index in [0.29, 0.717) is 18.7 Å². The molecular formula is C16H16F3N3O3. The van der Waals surface area contributed by atoms with Crippen LogP contribution in [0.4, 0.5) is 24.5 Å². The molecule has 2 aromatic carbocycles. The first-order valence-electron chi connectivity index (χ1n) is 7.31. The molecule has 0 fully saturated rings. The van der Waals surface area contributed by atoms with Gasteiger partial charge in [-0.05, 0) is 23.8 Å². The number of hydrogen-bond acceptors (Lipinski definition) is 5. The third kappa shape index (κ3) is 5.08. The zero-order valence-corrected chi connectivity index (χ0v) is 13.0. The molecule has 0 radical (unpaired) electrons. The molecule has 0 bridgehead atoms. The van der Waals surface area contributed by atoms with E-state index < -0.39 is 16.7 Å². The fourth-order valence-electron chi connectivity index (χ4n) is 2.09. The minimum Gasteiger partial charge on any atom is -0.490 e. The summed E-state index contributed by atoms with van der Waals surface area (Å²) in [5, 5.41) is 13.8. The van der Waals surface area contributed by atoms with E-state index in [2.05, 4.69) is 5.32 Å². The molecule has 0 aliphatic rings. The van der Waals surface area contributed by atoms with E-state index in [-0.39, 0.29) is 23.7 Å². The van der Waals surface area contributed by atoms with E-state index in [1.54, 1.807) is 0 Å². The number of nitrogens with one attached hydrogen (secondary N) is 1. The lowest BCUT2D eigenvalue weighted by molar-refractivity contribution is -0.384. The maximum absolute atomic E-state index is 12.5. The Morgan fingerprint density at radius 1 is 1.16 bits per heavy atom. The molecule has 134 valence electrons. The van der Waals surface area contributed by atoms with Gasteiger partial charge in [-0.25, -0.2) is 0 Å². The summed E-state index contributed by atoms with van der Waals surface area (Å²) in [6, 6.07) is 9.13. The van der Waals surface area contributed by atoms with Crippen molar-refractivity contribution in [2.24, 2.45) is 0 Å². The highest BCUT2D eigenvalue weighted by Crippen LogP contribution is 2.31. The SMILES string of the molecule is Nc1c(OCCNCc2ccc(C(F)(F)F)cc2)cccc1[N+](=O)[O-]. The number of hydrogen-bond donors (Lipinski definition) is 2. The van der Waals surface area contributed by atoms with Crippen molar-refractivity contribution in [3.8, 4) is 5.75 Å². The molecule has 0 spiro atoms. The van der Waals surface area contributed by atoms with Crippen molar-refractivity contribution in [3.05, 3.63) is 63.7 Å². The number of halogens is 3. The molecule has 2 aromatic rings.